The first-order valence-electron chi connectivity index (χ1n) is 4.16. The minimum absolute atomic E-state index is 0. The SMILES string of the molecule is [CH-]=C.[CH-]=C.[Cl][Pt][Cl].[NH-]C1CCCCC1.[NH2-]. The summed E-state index contributed by atoms with van der Waals surface area (Å²) in [5.41, 5.74) is 7.27. The van der Waals surface area contributed by atoms with E-state index in [0.29, 0.717) is 0 Å². The number of hydrogen-bond acceptors (Lipinski definition) is 0. The van der Waals surface area contributed by atoms with Crippen molar-refractivity contribution in [3.05, 3.63) is 38.2 Å². The molecule has 98 valence electrons. The Morgan fingerprint density at radius 1 is 1.00 bits per heavy atom. The second-order valence-electron chi connectivity index (χ2n) is 2.38. The van der Waals surface area contributed by atoms with E-state index in [1.54, 1.807) is 0 Å². The fourth-order valence-electron chi connectivity index (χ4n) is 1.10. The summed E-state index contributed by atoms with van der Waals surface area (Å²) in [6.45, 7) is 14.0. The Labute approximate surface area is 111 Å². The third kappa shape index (κ3) is 31.3. The third-order valence-electron chi connectivity index (χ3n) is 1.61. The predicted molar refractivity (Wildman–Crippen MR) is 68.0 cm³/mol. The van der Waals surface area contributed by atoms with Gasteiger partial charge in [0, 0.05) is 0 Å². The van der Waals surface area contributed by atoms with Gasteiger partial charge in [0.25, 0.3) is 0 Å². The molecule has 1 saturated carbocycles. The van der Waals surface area contributed by atoms with Gasteiger partial charge in [0.2, 0.25) is 0 Å². The van der Waals surface area contributed by atoms with Crippen molar-refractivity contribution in [2.24, 2.45) is 0 Å². The maximum absolute atomic E-state index is 7.27. The van der Waals surface area contributed by atoms with Gasteiger partial charge < -0.3 is 25.0 Å². The number of rotatable bonds is 0. The summed E-state index contributed by atoms with van der Waals surface area (Å²) in [7, 11) is 9.75. The molecule has 3 N–H and O–H groups in total. The van der Waals surface area contributed by atoms with Gasteiger partial charge >= 0.3 is 35.3 Å². The zero-order valence-electron chi connectivity index (χ0n) is 8.83. The smallest absolute Gasteiger partial charge is 0.0534 e. The number of nitrogens with one attached hydrogen (secondary N) is 1. The van der Waals surface area contributed by atoms with Crippen molar-refractivity contribution in [2.45, 2.75) is 38.1 Å². The average molecular weight is 434 g/mol. The zero-order valence-corrected chi connectivity index (χ0v) is 12.6. The summed E-state index contributed by atoms with van der Waals surface area (Å²) in [4.78, 5) is 0. The monoisotopic (exact) mass is 433 g/mol. The van der Waals surface area contributed by atoms with Gasteiger partial charge in [0.15, 0.2) is 0 Å². The van der Waals surface area contributed by atoms with E-state index < -0.39 is 16.5 Å². The summed E-state index contributed by atoms with van der Waals surface area (Å²) in [5, 5.41) is 0. The van der Waals surface area contributed by atoms with Crippen LogP contribution in [-0.2, 0) is 16.5 Å². The molecule has 0 atom stereocenters. The third-order valence-corrected chi connectivity index (χ3v) is 1.61. The van der Waals surface area contributed by atoms with Gasteiger partial charge in [-0.1, -0.05) is 32.1 Å². The van der Waals surface area contributed by atoms with Crippen LogP contribution in [0.25, 0.3) is 11.9 Å². The zero-order chi connectivity index (χ0) is 11.8. The molecule has 0 aliphatic heterocycles. The molecule has 2 nitrogen and oxygen atoms in total. The van der Waals surface area contributed by atoms with Crippen LogP contribution < -0.4 is 0 Å². The summed E-state index contributed by atoms with van der Waals surface area (Å²) >= 11 is -0.472. The Balaban J connectivity index is -0.0000000658. The van der Waals surface area contributed by atoms with E-state index in [0.717, 1.165) is 12.8 Å². The molecule has 0 bridgehead atoms. The molecule has 0 unspecified atom stereocenters. The fraction of sp³-hybridized carbons (Fsp3) is 0.600. The van der Waals surface area contributed by atoms with Gasteiger partial charge in [-0.15, -0.1) is 6.04 Å². The van der Waals surface area contributed by atoms with Gasteiger partial charge in [0.1, 0.15) is 0 Å². The van der Waals surface area contributed by atoms with Crippen LogP contribution in [0.2, 0.25) is 0 Å². The van der Waals surface area contributed by atoms with Crippen LogP contribution in [0, 0.1) is 13.2 Å². The van der Waals surface area contributed by atoms with Crippen LogP contribution in [0.1, 0.15) is 32.1 Å². The van der Waals surface area contributed by atoms with Crippen LogP contribution in [0.15, 0.2) is 13.2 Å². The standard InChI is InChI=1S/C6H12N.2C2H3.2ClH.H2N.Pt/c7-6-4-2-1-3-5-6;2*1-2;;;;/h6-7H,1-5H2;2*1H,2H2;2*1H;1H2;/q3*-1;;;-1;+2/p-2. The normalized spacial score (nSPS) is 13.8. The van der Waals surface area contributed by atoms with Gasteiger partial charge in [-0.25, -0.2) is 0 Å². The van der Waals surface area contributed by atoms with Crippen LogP contribution in [0.3, 0.4) is 0 Å². The molecule has 15 heavy (non-hydrogen) atoms. The second-order valence-corrected chi connectivity index (χ2v) is 5.66. The van der Waals surface area contributed by atoms with Crippen molar-refractivity contribution < 1.29 is 16.5 Å². The maximum atomic E-state index is 7.27. The van der Waals surface area contributed by atoms with Crippen molar-refractivity contribution in [1.29, 1.82) is 0 Å². The van der Waals surface area contributed by atoms with E-state index in [-0.39, 0.29) is 12.2 Å². The molecule has 1 fully saturated rings. The van der Waals surface area contributed by atoms with Crippen molar-refractivity contribution in [3.8, 4) is 0 Å². The summed E-state index contributed by atoms with van der Waals surface area (Å²) < 4.78 is 0. The molecule has 0 amide bonds. The Hall–Kier alpha value is 0.668. The second kappa shape index (κ2) is 29.3. The Morgan fingerprint density at radius 2 is 1.27 bits per heavy atom. The molecule has 0 aromatic rings. The largest absolute Gasteiger partial charge is 0.693 e. The Morgan fingerprint density at radius 3 is 1.40 bits per heavy atom. The molecule has 0 aromatic heterocycles. The number of nitrogens with two attached hydrogens (primary N) is 1. The molecule has 1 rings (SSSR count). The van der Waals surface area contributed by atoms with Gasteiger partial charge in [0.05, 0.1) is 0 Å². The number of halogens is 2. The van der Waals surface area contributed by atoms with Crippen LogP contribution in [0.5, 0.6) is 0 Å². The molecule has 0 radical (unpaired) electrons. The summed E-state index contributed by atoms with van der Waals surface area (Å²) in [6, 6.07) is 0.286. The number of hydrogen-bond donors (Lipinski definition) is 0. The van der Waals surface area contributed by atoms with E-state index in [9.17, 15) is 0 Å². The van der Waals surface area contributed by atoms with E-state index in [1.165, 1.54) is 19.3 Å². The molecule has 1 aliphatic carbocycles. The molecule has 0 saturated heterocycles. The summed E-state index contributed by atoms with van der Waals surface area (Å²) in [5.74, 6) is 0. The van der Waals surface area contributed by atoms with Crippen molar-refractivity contribution in [1.82, 2.24) is 0 Å². The van der Waals surface area contributed by atoms with Gasteiger partial charge in [-0.2, -0.15) is 0 Å². The van der Waals surface area contributed by atoms with Crippen LogP contribution in [-0.4, -0.2) is 6.04 Å². The van der Waals surface area contributed by atoms with E-state index >= 15 is 0 Å². The van der Waals surface area contributed by atoms with Crippen molar-refractivity contribution in [3.63, 3.8) is 0 Å². The molecule has 0 aromatic carbocycles. The topological polar surface area (TPSA) is 57.3 Å². The Kier molecular flexibility index (Phi) is 48.4. The molecular weight excluding hydrogens is 414 g/mol. The molecule has 5 heteroatoms. The molecule has 1 aliphatic rings. The Bertz CT molecular complexity index is 89.5. The minimum Gasteiger partial charge on any atom is -0.693 e. The van der Waals surface area contributed by atoms with Gasteiger partial charge in [-0.3, -0.25) is 13.2 Å². The van der Waals surface area contributed by atoms with E-state index in [1.807, 2.05) is 0 Å². The van der Waals surface area contributed by atoms with Crippen LogP contribution in [0.4, 0.5) is 0 Å². The van der Waals surface area contributed by atoms with Crippen LogP contribution >= 0.6 is 18.8 Å². The maximum Gasteiger partial charge on any atom is -0.0534 e. The van der Waals surface area contributed by atoms with Crippen molar-refractivity contribution in [2.75, 3.05) is 0 Å². The summed E-state index contributed by atoms with van der Waals surface area (Å²) in [6.07, 6.45) is 6.28. The first kappa shape index (κ1) is 24.8. The fourth-order valence-corrected chi connectivity index (χ4v) is 1.10. The first-order chi connectivity index (χ1) is 6.81. The van der Waals surface area contributed by atoms with Crippen molar-refractivity contribution >= 4 is 18.8 Å². The predicted octanol–water partition coefficient (Wildman–Crippen LogP) is 5.68. The first-order valence-corrected chi connectivity index (χ1v) is 9.79. The average Bonchev–Trinajstić information content (AvgIpc) is 2.26. The molecule has 0 heterocycles. The molecule has 0 spiro atoms. The molecular formula is C10H20Cl2N2Pt-4. The van der Waals surface area contributed by atoms with E-state index in [4.69, 9.17) is 24.6 Å². The quantitative estimate of drug-likeness (QED) is 0.441. The van der Waals surface area contributed by atoms with Gasteiger partial charge in [-0.05, 0) is 0 Å². The minimum atomic E-state index is -0.472. The van der Waals surface area contributed by atoms with E-state index in [2.05, 4.69) is 26.3 Å².